The number of rotatable bonds is 7. The monoisotopic (exact) mass is 223 g/mol. The van der Waals surface area contributed by atoms with Crippen LogP contribution >= 0.6 is 0 Å². The van der Waals surface area contributed by atoms with Crippen LogP contribution in [0.2, 0.25) is 0 Å². The molecule has 0 saturated carbocycles. The summed E-state index contributed by atoms with van der Waals surface area (Å²) in [6.45, 7) is 5.89. The summed E-state index contributed by atoms with van der Waals surface area (Å²) in [5.41, 5.74) is 6.39. The summed E-state index contributed by atoms with van der Waals surface area (Å²) in [5.74, 6) is -0.256. The summed E-state index contributed by atoms with van der Waals surface area (Å²) in [6, 6.07) is 2.50. The molecule has 0 aromatic carbocycles. The highest BCUT2D eigenvalue weighted by Crippen LogP contribution is 2.16. The van der Waals surface area contributed by atoms with Gasteiger partial charge in [-0.1, -0.05) is 13.8 Å². The fraction of sp³-hybridized carbons (Fsp3) is 0.583. The Balaban J connectivity index is 2.58. The van der Waals surface area contributed by atoms with E-state index in [1.807, 2.05) is 10.8 Å². The van der Waals surface area contributed by atoms with Gasteiger partial charge in [-0.15, -0.1) is 0 Å². The molecule has 0 radical (unpaired) electrons. The molecule has 0 aliphatic rings. The van der Waals surface area contributed by atoms with Crippen LogP contribution in [0.15, 0.2) is 18.5 Å². The van der Waals surface area contributed by atoms with Gasteiger partial charge in [0.2, 0.25) is 5.91 Å². The molecule has 1 unspecified atom stereocenters. The number of nitrogens with one attached hydrogen (secondary N) is 1. The molecule has 3 N–H and O–H groups in total. The van der Waals surface area contributed by atoms with Crippen LogP contribution in [0, 0.1) is 0 Å². The van der Waals surface area contributed by atoms with E-state index in [9.17, 15) is 4.79 Å². The Morgan fingerprint density at radius 3 is 2.88 bits per heavy atom. The third-order valence-corrected chi connectivity index (χ3v) is 2.65. The lowest BCUT2D eigenvalue weighted by Gasteiger charge is -2.13. The molecule has 4 nitrogen and oxygen atoms in total. The van der Waals surface area contributed by atoms with Crippen LogP contribution in [0.25, 0.3) is 0 Å². The van der Waals surface area contributed by atoms with Crippen molar-refractivity contribution in [2.45, 2.75) is 39.3 Å². The molecule has 0 fully saturated rings. The standard InChI is InChI=1S/C12H21N3O/c1-3-11(14-4-2)10-5-7-15(9-10)8-6-12(13)16/h5,7,9,11,14H,3-4,6,8H2,1-2H3,(H2,13,16). The van der Waals surface area contributed by atoms with Gasteiger partial charge in [-0.2, -0.15) is 0 Å². The first-order valence-electron chi connectivity index (χ1n) is 5.84. The number of hydrogen-bond donors (Lipinski definition) is 2. The quantitative estimate of drug-likeness (QED) is 0.734. The van der Waals surface area contributed by atoms with Crippen LogP contribution in [0.1, 0.15) is 38.3 Å². The smallest absolute Gasteiger partial charge is 0.219 e. The number of amides is 1. The molecule has 1 amide bonds. The predicted octanol–water partition coefficient (Wildman–Crippen LogP) is 1.42. The molecule has 0 bridgehead atoms. The third kappa shape index (κ3) is 3.70. The molecule has 1 aromatic rings. The van der Waals surface area contributed by atoms with Crippen LogP contribution in [0.3, 0.4) is 0 Å². The Bertz CT molecular complexity index is 333. The van der Waals surface area contributed by atoms with Crippen molar-refractivity contribution in [2.24, 2.45) is 5.73 Å². The average Bonchev–Trinajstić information content (AvgIpc) is 2.71. The van der Waals surface area contributed by atoms with Gasteiger partial charge in [-0.25, -0.2) is 0 Å². The highest BCUT2D eigenvalue weighted by Gasteiger charge is 2.08. The van der Waals surface area contributed by atoms with E-state index in [0.717, 1.165) is 13.0 Å². The highest BCUT2D eigenvalue weighted by molar-refractivity contribution is 5.73. The SMILES string of the molecule is CCNC(CC)c1ccn(CCC(N)=O)c1. The first-order valence-corrected chi connectivity index (χ1v) is 5.84. The number of carbonyl (C=O) groups excluding carboxylic acids is 1. The van der Waals surface area contributed by atoms with Gasteiger partial charge in [-0.3, -0.25) is 4.79 Å². The highest BCUT2D eigenvalue weighted by atomic mass is 16.1. The summed E-state index contributed by atoms with van der Waals surface area (Å²) in [7, 11) is 0. The summed E-state index contributed by atoms with van der Waals surface area (Å²) in [4.78, 5) is 10.7. The Kier molecular flexibility index (Phi) is 5.05. The molecule has 16 heavy (non-hydrogen) atoms. The number of carbonyl (C=O) groups is 1. The van der Waals surface area contributed by atoms with E-state index in [-0.39, 0.29) is 5.91 Å². The third-order valence-electron chi connectivity index (χ3n) is 2.65. The molecular weight excluding hydrogens is 202 g/mol. The van der Waals surface area contributed by atoms with Crippen molar-refractivity contribution in [1.82, 2.24) is 9.88 Å². The van der Waals surface area contributed by atoms with E-state index in [4.69, 9.17) is 5.73 Å². The lowest BCUT2D eigenvalue weighted by atomic mass is 10.1. The van der Waals surface area contributed by atoms with Crippen molar-refractivity contribution < 1.29 is 4.79 Å². The maximum atomic E-state index is 10.7. The van der Waals surface area contributed by atoms with Gasteiger partial charge >= 0.3 is 0 Å². The Hall–Kier alpha value is -1.29. The lowest BCUT2D eigenvalue weighted by Crippen LogP contribution is -2.19. The van der Waals surface area contributed by atoms with Gasteiger partial charge in [0.15, 0.2) is 0 Å². The minimum atomic E-state index is -0.256. The molecule has 1 aromatic heterocycles. The number of primary amides is 1. The van der Waals surface area contributed by atoms with Gasteiger partial charge in [-0.05, 0) is 24.6 Å². The van der Waals surface area contributed by atoms with Gasteiger partial charge < -0.3 is 15.6 Å². The first-order chi connectivity index (χ1) is 7.67. The second-order valence-electron chi connectivity index (χ2n) is 3.92. The van der Waals surface area contributed by atoms with Gasteiger partial charge in [0, 0.05) is 31.4 Å². The molecule has 1 atom stereocenters. The van der Waals surface area contributed by atoms with Gasteiger partial charge in [0.25, 0.3) is 0 Å². The van der Waals surface area contributed by atoms with Crippen LogP contribution < -0.4 is 11.1 Å². The second-order valence-corrected chi connectivity index (χ2v) is 3.92. The molecule has 0 spiro atoms. The number of aromatic nitrogens is 1. The van der Waals surface area contributed by atoms with Crippen LogP contribution in [-0.4, -0.2) is 17.0 Å². The number of nitrogens with zero attached hydrogens (tertiary/aromatic N) is 1. The Morgan fingerprint density at radius 2 is 2.31 bits per heavy atom. The van der Waals surface area contributed by atoms with Gasteiger partial charge in [0.1, 0.15) is 0 Å². The largest absolute Gasteiger partial charge is 0.370 e. The zero-order valence-corrected chi connectivity index (χ0v) is 10.1. The molecule has 1 rings (SSSR count). The minimum absolute atomic E-state index is 0.256. The van der Waals surface area contributed by atoms with Crippen molar-refractivity contribution in [3.63, 3.8) is 0 Å². The lowest BCUT2D eigenvalue weighted by molar-refractivity contribution is -0.118. The zero-order valence-electron chi connectivity index (χ0n) is 10.1. The predicted molar refractivity (Wildman–Crippen MR) is 65.0 cm³/mol. The van der Waals surface area contributed by atoms with E-state index in [2.05, 4.69) is 31.4 Å². The zero-order chi connectivity index (χ0) is 12.0. The number of hydrogen-bond acceptors (Lipinski definition) is 2. The van der Waals surface area contributed by atoms with Crippen LogP contribution in [0.4, 0.5) is 0 Å². The molecule has 0 aliphatic heterocycles. The van der Waals surface area contributed by atoms with E-state index in [1.54, 1.807) is 0 Å². The number of aryl methyl sites for hydroxylation is 1. The molecule has 0 saturated heterocycles. The Morgan fingerprint density at radius 1 is 1.56 bits per heavy atom. The fourth-order valence-electron chi connectivity index (χ4n) is 1.79. The molecule has 1 heterocycles. The van der Waals surface area contributed by atoms with E-state index in [1.165, 1.54) is 5.56 Å². The molecule has 4 heteroatoms. The van der Waals surface area contributed by atoms with Crippen molar-refractivity contribution in [2.75, 3.05) is 6.54 Å². The topological polar surface area (TPSA) is 60.1 Å². The van der Waals surface area contributed by atoms with Crippen LogP contribution in [-0.2, 0) is 11.3 Å². The number of nitrogens with two attached hydrogens (primary N) is 1. The summed E-state index contributed by atoms with van der Waals surface area (Å²) >= 11 is 0. The van der Waals surface area contributed by atoms with E-state index < -0.39 is 0 Å². The summed E-state index contributed by atoms with van der Waals surface area (Å²) < 4.78 is 2.01. The van der Waals surface area contributed by atoms with Crippen molar-refractivity contribution in [1.29, 1.82) is 0 Å². The molecule has 0 aliphatic carbocycles. The maximum Gasteiger partial charge on any atom is 0.219 e. The minimum Gasteiger partial charge on any atom is -0.370 e. The summed E-state index contributed by atoms with van der Waals surface area (Å²) in [6.07, 6.45) is 5.54. The van der Waals surface area contributed by atoms with Crippen molar-refractivity contribution in [3.05, 3.63) is 24.0 Å². The second kappa shape index (κ2) is 6.33. The Labute approximate surface area is 96.8 Å². The first kappa shape index (κ1) is 12.8. The maximum absolute atomic E-state index is 10.7. The van der Waals surface area contributed by atoms with E-state index >= 15 is 0 Å². The van der Waals surface area contributed by atoms with E-state index in [0.29, 0.717) is 19.0 Å². The van der Waals surface area contributed by atoms with Crippen molar-refractivity contribution >= 4 is 5.91 Å². The van der Waals surface area contributed by atoms with Crippen molar-refractivity contribution in [3.8, 4) is 0 Å². The average molecular weight is 223 g/mol. The normalized spacial score (nSPS) is 12.6. The fourth-order valence-corrected chi connectivity index (χ4v) is 1.79. The van der Waals surface area contributed by atoms with Crippen LogP contribution in [0.5, 0.6) is 0 Å². The van der Waals surface area contributed by atoms with Gasteiger partial charge in [0.05, 0.1) is 0 Å². The molecule has 90 valence electrons. The summed E-state index contributed by atoms with van der Waals surface area (Å²) in [5, 5.41) is 3.42. The molecular formula is C12H21N3O.